The van der Waals surface area contributed by atoms with Gasteiger partial charge in [-0.05, 0) is 36.4 Å². The maximum atomic E-state index is 12.9. The zero-order valence-electron chi connectivity index (χ0n) is 12.0. The van der Waals surface area contributed by atoms with Gasteiger partial charge in [0, 0.05) is 19.0 Å². The summed E-state index contributed by atoms with van der Waals surface area (Å²) in [6.45, 7) is 0.327. The minimum atomic E-state index is -1.04. The Morgan fingerprint density at radius 2 is 1.96 bits per heavy atom. The zero-order valence-corrected chi connectivity index (χ0v) is 12.8. The molecule has 1 aromatic heterocycles. The van der Waals surface area contributed by atoms with E-state index < -0.39 is 6.09 Å². The van der Waals surface area contributed by atoms with Crippen molar-refractivity contribution in [3.63, 3.8) is 0 Å². The lowest BCUT2D eigenvalue weighted by Gasteiger charge is -2.04. The van der Waals surface area contributed by atoms with E-state index in [1.165, 1.54) is 23.5 Å². The van der Waals surface area contributed by atoms with Gasteiger partial charge >= 0.3 is 6.09 Å². The van der Waals surface area contributed by atoms with Gasteiger partial charge in [0.05, 0.1) is 15.2 Å². The number of halogens is 1. The Labute approximate surface area is 135 Å². The average molecular weight is 332 g/mol. The minimum absolute atomic E-state index is 0.310. The maximum Gasteiger partial charge on any atom is 0.404 e. The predicted octanol–water partition coefficient (Wildman–Crippen LogP) is 4.04. The number of benzene rings is 2. The van der Waals surface area contributed by atoms with Crippen LogP contribution in [0.5, 0.6) is 11.5 Å². The Kier molecular flexibility index (Phi) is 4.38. The van der Waals surface area contributed by atoms with Gasteiger partial charge in [-0.1, -0.05) is 0 Å². The van der Waals surface area contributed by atoms with Gasteiger partial charge in [0.25, 0.3) is 0 Å². The van der Waals surface area contributed by atoms with Gasteiger partial charge < -0.3 is 15.2 Å². The van der Waals surface area contributed by atoms with Crippen molar-refractivity contribution in [3.05, 3.63) is 53.3 Å². The van der Waals surface area contributed by atoms with Crippen molar-refractivity contribution >= 4 is 27.6 Å². The second kappa shape index (κ2) is 6.62. The Hall–Kier alpha value is -2.67. The number of rotatable bonds is 5. The molecule has 0 aliphatic carbocycles. The van der Waals surface area contributed by atoms with Gasteiger partial charge in [-0.25, -0.2) is 14.2 Å². The molecule has 118 valence electrons. The summed E-state index contributed by atoms with van der Waals surface area (Å²) < 4.78 is 19.5. The number of nitrogens with zero attached hydrogens (tertiary/aromatic N) is 1. The van der Waals surface area contributed by atoms with Crippen molar-refractivity contribution in [1.29, 1.82) is 0 Å². The van der Waals surface area contributed by atoms with Crippen molar-refractivity contribution in [2.75, 3.05) is 6.54 Å². The Morgan fingerprint density at radius 1 is 1.22 bits per heavy atom. The van der Waals surface area contributed by atoms with Crippen molar-refractivity contribution in [3.8, 4) is 11.5 Å². The van der Waals surface area contributed by atoms with Crippen molar-refractivity contribution in [2.24, 2.45) is 0 Å². The van der Waals surface area contributed by atoms with Gasteiger partial charge in [-0.3, -0.25) is 0 Å². The quantitative estimate of drug-likeness (QED) is 0.740. The Bertz CT molecular complexity index is 833. The van der Waals surface area contributed by atoms with Gasteiger partial charge in [0.15, 0.2) is 0 Å². The van der Waals surface area contributed by atoms with Crippen LogP contribution in [0.15, 0.2) is 42.5 Å². The fourth-order valence-corrected chi connectivity index (χ4v) is 3.03. The third-order valence-electron chi connectivity index (χ3n) is 3.07. The molecular formula is C16H13FN2O3S. The number of aromatic nitrogens is 1. The Balaban J connectivity index is 1.73. The van der Waals surface area contributed by atoms with Gasteiger partial charge in [-0.15, -0.1) is 11.3 Å². The molecule has 0 aliphatic rings. The van der Waals surface area contributed by atoms with Crippen LogP contribution in [-0.4, -0.2) is 22.7 Å². The molecule has 0 unspecified atom stereocenters. The zero-order chi connectivity index (χ0) is 16.2. The van der Waals surface area contributed by atoms with Crippen molar-refractivity contribution in [2.45, 2.75) is 6.42 Å². The molecule has 0 radical (unpaired) electrons. The van der Waals surface area contributed by atoms with E-state index in [1.54, 1.807) is 18.2 Å². The number of nitrogens with one attached hydrogen (secondary N) is 1. The first kappa shape index (κ1) is 15.2. The Morgan fingerprint density at radius 3 is 2.70 bits per heavy atom. The first-order chi connectivity index (χ1) is 11.1. The molecule has 0 fully saturated rings. The normalized spacial score (nSPS) is 10.7. The molecule has 0 atom stereocenters. The minimum Gasteiger partial charge on any atom is -0.465 e. The maximum absolute atomic E-state index is 12.9. The number of thiazole rings is 1. The van der Waals surface area contributed by atoms with Crippen LogP contribution in [0.4, 0.5) is 9.18 Å². The average Bonchev–Trinajstić information content (AvgIpc) is 2.91. The molecule has 2 aromatic carbocycles. The molecule has 0 saturated heterocycles. The topological polar surface area (TPSA) is 71.5 Å². The van der Waals surface area contributed by atoms with Crippen molar-refractivity contribution < 1.29 is 19.0 Å². The SMILES string of the molecule is O=C(O)NCCc1nc2ccc(Oc3ccc(F)cc3)cc2s1. The van der Waals surface area contributed by atoms with Gasteiger partial charge in [-0.2, -0.15) is 0 Å². The van der Waals surface area contributed by atoms with E-state index >= 15 is 0 Å². The molecule has 3 rings (SSSR count). The highest BCUT2D eigenvalue weighted by Crippen LogP contribution is 2.29. The van der Waals surface area contributed by atoms with E-state index in [-0.39, 0.29) is 5.82 Å². The van der Waals surface area contributed by atoms with Crippen LogP contribution in [0.25, 0.3) is 10.2 Å². The summed E-state index contributed by atoms with van der Waals surface area (Å²) in [6.07, 6.45) is -0.499. The number of hydrogen-bond donors (Lipinski definition) is 2. The standard InChI is InChI=1S/C16H13FN2O3S/c17-10-1-3-11(4-2-10)22-12-5-6-13-14(9-12)23-15(19-13)7-8-18-16(20)21/h1-6,9,18H,7-8H2,(H,20,21). The fraction of sp³-hybridized carbons (Fsp3) is 0.125. The van der Waals surface area contributed by atoms with E-state index in [9.17, 15) is 9.18 Å². The lowest BCUT2D eigenvalue weighted by Crippen LogP contribution is -2.23. The molecule has 5 nitrogen and oxygen atoms in total. The molecule has 1 heterocycles. The number of ether oxygens (including phenoxy) is 1. The van der Waals surface area contributed by atoms with Crippen LogP contribution in [0, 0.1) is 5.82 Å². The van der Waals surface area contributed by atoms with E-state index in [4.69, 9.17) is 9.84 Å². The van der Waals surface area contributed by atoms with Crippen LogP contribution >= 0.6 is 11.3 Å². The lowest BCUT2D eigenvalue weighted by molar-refractivity contribution is 0.194. The first-order valence-corrected chi connectivity index (χ1v) is 7.71. The molecule has 0 bridgehead atoms. The predicted molar refractivity (Wildman–Crippen MR) is 85.8 cm³/mol. The highest BCUT2D eigenvalue weighted by Gasteiger charge is 2.07. The summed E-state index contributed by atoms with van der Waals surface area (Å²) >= 11 is 1.49. The number of carboxylic acid groups (broad SMARTS) is 1. The molecule has 7 heteroatoms. The summed E-state index contributed by atoms with van der Waals surface area (Å²) in [5, 5.41) is 11.7. The summed E-state index contributed by atoms with van der Waals surface area (Å²) in [6, 6.07) is 11.3. The summed E-state index contributed by atoms with van der Waals surface area (Å²) in [5.74, 6) is 0.888. The molecule has 2 N–H and O–H groups in total. The number of carbonyl (C=O) groups is 1. The molecule has 23 heavy (non-hydrogen) atoms. The van der Waals surface area contributed by atoms with Crippen molar-refractivity contribution in [1.82, 2.24) is 10.3 Å². The number of fused-ring (bicyclic) bond motifs is 1. The molecule has 0 aliphatic heterocycles. The number of amides is 1. The summed E-state index contributed by atoms with van der Waals surface area (Å²) in [4.78, 5) is 14.9. The third kappa shape index (κ3) is 3.95. The monoisotopic (exact) mass is 332 g/mol. The van der Waals surface area contributed by atoms with E-state index in [2.05, 4.69) is 10.3 Å². The molecule has 0 spiro atoms. The van der Waals surface area contributed by atoms with Crippen LogP contribution in [0.3, 0.4) is 0 Å². The first-order valence-electron chi connectivity index (χ1n) is 6.90. The summed E-state index contributed by atoms with van der Waals surface area (Å²) in [7, 11) is 0. The van der Waals surface area contributed by atoms with Gasteiger partial charge in [0.2, 0.25) is 0 Å². The lowest BCUT2D eigenvalue weighted by atomic mass is 10.3. The fourth-order valence-electron chi connectivity index (χ4n) is 2.04. The van der Waals surface area contributed by atoms with Crippen LogP contribution in [0.1, 0.15) is 5.01 Å². The molecular weight excluding hydrogens is 319 g/mol. The molecule has 0 saturated carbocycles. The second-order valence-corrected chi connectivity index (χ2v) is 5.89. The smallest absolute Gasteiger partial charge is 0.404 e. The highest BCUT2D eigenvalue weighted by molar-refractivity contribution is 7.18. The summed E-state index contributed by atoms with van der Waals surface area (Å²) in [5.41, 5.74) is 0.840. The molecule has 1 amide bonds. The van der Waals surface area contributed by atoms with E-state index in [0.717, 1.165) is 15.2 Å². The van der Waals surface area contributed by atoms with E-state index in [0.29, 0.717) is 24.5 Å². The third-order valence-corrected chi connectivity index (χ3v) is 4.15. The van der Waals surface area contributed by atoms with Gasteiger partial charge in [0.1, 0.15) is 17.3 Å². The van der Waals surface area contributed by atoms with Crippen LogP contribution in [-0.2, 0) is 6.42 Å². The second-order valence-electron chi connectivity index (χ2n) is 4.78. The van der Waals surface area contributed by atoms with Crippen LogP contribution in [0.2, 0.25) is 0 Å². The largest absolute Gasteiger partial charge is 0.465 e. The van der Waals surface area contributed by atoms with Crippen LogP contribution < -0.4 is 10.1 Å². The highest BCUT2D eigenvalue weighted by atomic mass is 32.1. The number of hydrogen-bond acceptors (Lipinski definition) is 4. The molecule has 3 aromatic rings. The van der Waals surface area contributed by atoms with E-state index in [1.807, 2.05) is 12.1 Å².